The number of amides is 1. The number of sulfonamides is 1. The van der Waals surface area contributed by atoms with E-state index in [1.165, 1.54) is 6.07 Å². The van der Waals surface area contributed by atoms with Crippen molar-refractivity contribution in [3.05, 3.63) is 29.8 Å². The summed E-state index contributed by atoms with van der Waals surface area (Å²) in [5.41, 5.74) is 0.542. The molecular weight excluding hydrogens is 328 g/mol. The lowest BCUT2D eigenvalue weighted by Crippen LogP contribution is -2.52. The van der Waals surface area contributed by atoms with Crippen LogP contribution in [0, 0.1) is 5.92 Å². The van der Waals surface area contributed by atoms with Gasteiger partial charge in [-0.2, -0.15) is 8.42 Å². The van der Waals surface area contributed by atoms with Crippen molar-refractivity contribution in [1.82, 2.24) is 15.5 Å². The van der Waals surface area contributed by atoms with Crippen molar-refractivity contribution in [2.45, 2.75) is 24.3 Å². The van der Waals surface area contributed by atoms with Crippen molar-refractivity contribution in [2.24, 2.45) is 10.3 Å². The highest BCUT2D eigenvalue weighted by molar-refractivity contribution is 7.90. The topological polar surface area (TPSA) is 90.9 Å². The third-order valence-electron chi connectivity index (χ3n) is 4.53. The lowest BCUT2D eigenvalue weighted by molar-refractivity contribution is -0.122. The Morgan fingerprint density at radius 3 is 2.92 bits per heavy atom. The number of rotatable bonds is 3. The van der Waals surface area contributed by atoms with Gasteiger partial charge in [-0.05, 0) is 31.0 Å². The monoisotopic (exact) mass is 350 g/mol. The van der Waals surface area contributed by atoms with Gasteiger partial charge in [-0.15, -0.1) is 4.40 Å². The molecule has 2 N–H and O–H groups in total. The first-order valence-electron chi connectivity index (χ1n) is 8.04. The van der Waals surface area contributed by atoms with Crippen LogP contribution < -0.4 is 10.6 Å². The van der Waals surface area contributed by atoms with Crippen LogP contribution in [0.2, 0.25) is 0 Å². The number of hydrogen-bond acceptors (Lipinski definition) is 5. The van der Waals surface area contributed by atoms with E-state index in [-0.39, 0.29) is 23.4 Å². The van der Waals surface area contributed by atoms with Crippen LogP contribution >= 0.6 is 0 Å². The average Bonchev–Trinajstić information content (AvgIpc) is 2.82. The molecule has 0 bridgehead atoms. The summed E-state index contributed by atoms with van der Waals surface area (Å²) < 4.78 is 28.0. The Bertz CT molecular complexity index is 775. The molecule has 1 fully saturated rings. The zero-order valence-electron chi connectivity index (χ0n) is 13.8. The molecule has 1 saturated heterocycles. The van der Waals surface area contributed by atoms with Crippen molar-refractivity contribution >= 4 is 21.8 Å². The van der Waals surface area contributed by atoms with Gasteiger partial charge in [0, 0.05) is 25.2 Å². The maximum atomic E-state index is 12.3. The zero-order valence-corrected chi connectivity index (χ0v) is 14.6. The summed E-state index contributed by atoms with van der Waals surface area (Å²) in [6.07, 6.45) is 1.03. The molecule has 8 heteroatoms. The molecule has 3 rings (SSSR count). The summed E-state index contributed by atoms with van der Waals surface area (Å²) in [5.74, 6) is 0.600. The van der Waals surface area contributed by atoms with Gasteiger partial charge in [0.25, 0.3) is 10.0 Å². The largest absolute Gasteiger partial charge is 0.350 e. The highest BCUT2D eigenvalue weighted by Gasteiger charge is 2.31. The van der Waals surface area contributed by atoms with Gasteiger partial charge in [0.15, 0.2) is 5.84 Å². The van der Waals surface area contributed by atoms with Crippen LogP contribution in [-0.2, 0) is 14.8 Å². The van der Waals surface area contributed by atoms with Crippen LogP contribution in [-0.4, -0.2) is 57.8 Å². The Balaban J connectivity index is 1.69. The van der Waals surface area contributed by atoms with Crippen LogP contribution in [0.1, 0.15) is 18.9 Å². The minimum Gasteiger partial charge on any atom is -0.350 e. The van der Waals surface area contributed by atoms with E-state index in [4.69, 9.17) is 0 Å². The lowest BCUT2D eigenvalue weighted by atomic mass is 9.95. The van der Waals surface area contributed by atoms with E-state index in [0.717, 1.165) is 19.5 Å². The van der Waals surface area contributed by atoms with E-state index in [0.29, 0.717) is 17.3 Å². The number of nitrogens with zero attached hydrogens (tertiary/aromatic N) is 2. The van der Waals surface area contributed by atoms with E-state index in [9.17, 15) is 13.2 Å². The molecule has 1 aromatic carbocycles. The molecule has 0 radical (unpaired) electrons. The van der Waals surface area contributed by atoms with E-state index >= 15 is 0 Å². The molecule has 1 aromatic rings. The molecule has 2 unspecified atom stereocenters. The van der Waals surface area contributed by atoms with Gasteiger partial charge in [-0.3, -0.25) is 4.79 Å². The Kier molecular flexibility index (Phi) is 4.60. The molecule has 2 heterocycles. The van der Waals surface area contributed by atoms with Crippen molar-refractivity contribution in [3.8, 4) is 0 Å². The molecule has 2 atom stereocenters. The summed E-state index contributed by atoms with van der Waals surface area (Å²) in [6.45, 7) is 3.92. The van der Waals surface area contributed by atoms with Gasteiger partial charge in [0.05, 0.1) is 6.54 Å². The van der Waals surface area contributed by atoms with Crippen LogP contribution in [0.25, 0.3) is 0 Å². The average molecular weight is 350 g/mol. The van der Waals surface area contributed by atoms with Crippen molar-refractivity contribution in [2.75, 3.05) is 26.7 Å². The molecule has 24 heavy (non-hydrogen) atoms. The molecule has 2 aliphatic heterocycles. The van der Waals surface area contributed by atoms with Gasteiger partial charge in [-0.1, -0.05) is 19.1 Å². The van der Waals surface area contributed by atoms with Gasteiger partial charge < -0.3 is 15.5 Å². The molecule has 1 amide bonds. The fourth-order valence-electron chi connectivity index (χ4n) is 3.09. The number of amidine groups is 1. The summed E-state index contributed by atoms with van der Waals surface area (Å²) in [7, 11) is -1.99. The first-order valence-corrected chi connectivity index (χ1v) is 9.48. The predicted molar refractivity (Wildman–Crippen MR) is 91.4 cm³/mol. The Morgan fingerprint density at radius 2 is 2.17 bits per heavy atom. The quantitative estimate of drug-likeness (QED) is 0.812. The normalized spacial score (nSPS) is 24.8. The van der Waals surface area contributed by atoms with E-state index in [1.807, 2.05) is 0 Å². The van der Waals surface area contributed by atoms with Gasteiger partial charge >= 0.3 is 0 Å². The number of nitrogens with one attached hydrogen (secondary N) is 2. The second kappa shape index (κ2) is 6.52. The molecule has 130 valence electrons. The van der Waals surface area contributed by atoms with E-state index in [2.05, 4.69) is 22.0 Å². The second-order valence-corrected chi connectivity index (χ2v) is 7.96. The van der Waals surface area contributed by atoms with Crippen molar-refractivity contribution in [1.29, 1.82) is 0 Å². The van der Waals surface area contributed by atoms with E-state index in [1.54, 1.807) is 30.1 Å². The van der Waals surface area contributed by atoms with Crippen LogP contribution in [0.15, 0.2) is 33.6 Å². The molecule has 0 aromatic heterocycles. The molecular formula is C16H22N4O3S. The highest BCUT2D eigenvalue weighted by Crippen LogP contribution is 2.26. The molecule has 0 spiro atoms. The third kappa shape index (κ3) is 3.29. The lowest BCUT2D eigenvalue weighted by Gasteiger charge is -2.31. The fourth-order valence-corrected chi connectivity index (χ4v) is 4.34. The van der Waals surface area contributed by atoms with Crippen molar-refractivity contribution in [3.63, 3.8) is 0 Å². The maximum Gasteiger partial charge on any atom is 0.285 e. The standard InChI is InChI=1S/C16H22N4O3S/c1-11-7-8-17-9-13(11)18-15(21)10-20(2)16-12-5-3-4-6-14(12)24(22,23)19-16/h3-6,11,13,17H,7-10H2,1-2H3,(H,18,21). The van der Waals surface area contributed by atoms with Crippen LogP contribution in [0.4, 0.5) is 0 Å². The molecule has 0 aliphatic carbocycles. The number of hydrogen-bond donors (Lipinski definition) is 2. The minimum atomic E-state index is -3.67. The Morgan fingerprint density at radius 1 is 1.42 bits per heavy atom. The fraction of sp³-hybridized carbons (Fsp3) is 0.500. The third-order valence-corrected chi connectivity index (χ3v) is 5.85. The smallest absolute Gasteiger partial charge is 0.285 e. The predicted octanol–water partition coefficient (Wildman–Crippen LogP) is 0.182. The van der Waals surface area contributed by atoms with Crippen LogP contribution in [0.5, 0.6) is 0 Å². The maximum absolute atomic E-state index is 12.3. The van der Waals surface area contributed by atoms with Crippen molar-refractivity contribution < 1.29 is 13.2 Å². The molecule has 0 saturated carbocycles. The van der Waals surface area contributed by atoms with Gasteiger partial charge in [0.1, 0.15) is 4.90 Å². The summed E-state index contributed by atoms with van der Waals surface area (Å²) in [6, 6.07) is 6.77. The second-order valence-electron chi connectivity index (χ2n) is 6.39. The number of carbonyl (C=O) groups is 1. The first kappa shape index (κ1) is 16.9. The van der Waals surface area contributed by atoms with Gasteiger partial charge in [-0.25, -0.2) is 0 Å². The number of fused-ring (bicyclic) bond motifs is 1. The number of likely N-dealkylation sites (N-methyl/N-ethyl adjacent to an activating group) is 1. The minimum absolute atomic E-state index is 0.0614. The summed E-state index contributed by atoms with van der Waals surface area (Å²) >= 11 is 0. The number of benzene rings is 1. The number of piperidine rings is 1. The summed E-state index contributed by atoms with van der Waals surface area (Å²) in [5, 5.41) is 6.29. The van der Waals surface area contributed by atoms with Gasteiger partial charge in [0.2, 0.25) is 5.91 Å². The Hall–Kier alpha value is -1.93. The van der Waals surface area contributed by atoms with Crippen LogP contribution in [0.3, 0.4) is 0 Å². The summed E-state index contributed by atoms with van der Waals surface area (Å²) in [4.78, 5) is 14.1. The molecule has 2 aliphatic rings. The highest BCUT2D eigenvalue weighted by atomic mass is 32.2. The van der Waals surface area contributed by atoms with E-state index < -0.39 is 10.0 Å². The number of carbonyl (C=O) groups excluding carboxylic acids is 1. The molecule has 7 nitrogen and oxygen atoms in total. The Labute approximate surface area is 142 Å². The first-order chi connectivity index (χ1) is 11.4. The SMILES string of the molecule is CC1CCNCC1NC(=O)CN(C)C1=NS(=O)(=O)c2ccccc21. The zero-order chi connectivity index (χ0) is 17.3.